The lowest BCUT2D eigenvalue weighted by atomic mass is 10.0. The summed E-state index contributed by atoms with van der Waals surface area (Å²) in [5, 5.41) is 3.14. The Bertz CT molecular complexity index is 441. The SMILES string of the molecule is CC(=S)NC[C@H]1OC(C)(C)O[C@@H]2[C@H]3OC(C)(C)O[C@H]3O[C@@H]21. The molecule has 3 rings (SSSR count). The quantitative estimate of drug-likeness (QED) is 0.771. The molecular formula is C14H23NO5S. The number of nitrogens with one attached hydrogen (secondary N) is 1. The summed E-state index contributed by atoms with van der Waals surface area (Å²) in [6.07, 6.45) is -1.26. The first-order chi connectivity index (χ1) is 9.67. The summed E-state index contributed by atoms with van der Waals surface area (Å²) in [5.74, 6) is -1.35. The Balaban J connectivity index is 1.76. The van der Waals surface area contributed by atoms with E-state index in [0.29, 0.717) is 6.54 Å². The zero-order valence-corrected chi connectivity index (χ0v) is 13.9. The van der Waals surface area contributed by atoms with Crippen molar-refractivity contribution in [1.82, 2.24) is 5.32 Å². The number of thiocarbonyl (C=S) groups is 1. The first kappa shape index (κ1) is 15.6. The second kappa shape index (κ2) is 5.11. The monoisotopic (exact) mass is 317 g/mol. The predicted molar refractivity (Wildman–Crippen MR) is 78.8 cm³/mol. The van der Waals surface area contributed by atoms with Crippen LogP contribution in [0.5, 0.6) is 0 Å². The number of ether oxygens (including phenoxy) is 5. The van der Waals surface area contributed by atoms with Crippen LogP contribution in [0.25, 0.3) is 0 Å². The van der Waals surface area contributed by atoms with Crippen LogP contribution < -0.4 is 5.32 Å². The lowest BCUT2D eigenvalue weighted by molar-refractivity contribution is -0.342. The van der Waals surface area contributed by atoms with Crippen molar-refractivity contribution in [3.05, 3.63) is 0 Å². The van der Waals surface area contributed by atoms with Gasteiger partial charge in [0.05, 0.1) is 4.99 Å². The Morgan fingerprint density at radius 3 is 2.24 bits per heavy atom. The predicted octanol–water partition coefficient (Wildman–Crippen LogP) is 1.32. The summed E-state index contributed by atoms with van der Waals surface area (Å²) < 4.78 is 29.7. The lowest BCUT2D eigenvalue weighted by Crippen LogP contribution is -2.58. The minimum atomic E-state index is -0.697. The van der Waals surface area contributed by atoms with Crippen molar-refractivity contribution in [3.8, 4) is 0 Å². The first-order valence-electron chi connectivity index (χ1n) is 7.28. The highest BCUT2D eigenvalue weighted by Crippen LogP contribution is 2.44. The second-order valence-electron chi connectivity index (χ2n) is 6.64. The molecule has 0 aromatic heterocycles. The van der Waals surface area contributed by atoms with E-state index >= 15 is 0 Å². The number of hydrogen-bond acceptors (Lipinski definition) is 6. The largest absolute Gasteiger partial charge is 0.377 e. The van der Waals surface area contributed by atoms with E-state index in [4.69, 9.17) is 35.9 Å². The van der Waals surface area contributed by atoms with E-state index in [0.717, 1.165) is 4.99 Å². The maximum atomic E-state index is 6.03. The van der Waals surface area contributed by atoms with Gasteiger partial charge in [0.2, 0.25) is 0 Å². The van der Waals surface area contributed by atoms with E-state index in [2.05, 4.69) is 5.32 Å². The van der Waals surface area contributed by atoms with Crippen LogP contribution >= 0.6 is 12.2 Å². The average molecular weight is 317 g/mol. The van der Waals surface area contributed by atoms with Crippen LogP contribution in [0, 0.1) is 0 Å². The molecule has 0 unspecified atom stereocenters. The van der Waals surface area contributed by atoms with Gasteiger partial charge in [-0.1, -0.05) is 12.2 Å². The van der Waals surface area contributed by atoms with Crippen LogP contribution in [-0.4, -0.2) is 53.8 Å². The van der Waals surface area contributed by atoms with Gasteiger partial charge < -0.3 is 29.0 Å². The highest BCUT2D eigenvalue weighted by Gasteiger charge is 2.61. The second-order valence-corrected chi connectivity index (χ2v) is 7.26. The summed E-state index contributed by atoms with van der Waals surface area (Å²) in [6, 6.07) is 0. The Morgan fingerprint density at radius 1 is 0.952 bits per heavy atom. The first-order valence-corrected chi connectivity index (χ1v) is 7.69. The van der Waals surface area contributed by atoms with Crippen molar-refractivity contribution < 1.29 is 23.7 Å². The van der Waals surface area contributed by atoms with Gasteiger partial charge in [-0.25, -0.2) is 0 Å². The molecule has 3 fully saturated rings. The van der Waals surface area contributed by atoms with Gasteiger partial charge in [0.25, 0.3) is 0 Å². The summed E-state index contributed by atoms with van der Waals surface area (Å²) in [5.41, 5.74) is 0. The van der Waals surface area contributed by atoms with Gasteiger partial charge in [0.15, 0.2) is 17.9 Å². The molecule has 0 aliphatic carbocycles. The maximum absolute atomic E-state index is 6.03. The third kappa shape index (κ3) is 3.09. The van der Waals surface area contributed by atoms with Crippen molar-refractivity contribution in [2.75, 3.05) is 6.54 Å². The molecule has 3 aliphatic heterocycles. The Hall–Kier alpha value is -0.310. The molecule has 3 saturated heterocycles. The molecule has 3 heterocycles. The molecule has 6 nitrogen and oxygen atoms in total. The van der Waals surface area contributed by atoms with E-state index < -0.39 is 17.9 Å². The molecule has 3 aliphatic rings. The highest BCUT2D eigenvalue weighted by molar-refractivity contribution is 7.80. The molecule has 0 bridgehead atoms. The van der Waals surface area contributed by atoms with Crippen molar-refractivity contribution in [2.24, 2.45) is 0 Å². The van der Waals surface area contributed by atoms with Crippen LogP contribution in [0.4, 0.5) is 0 Å². The molecule has 0 saturated carbocycles. The Labute approximate surface area is 130 Å². The van der Waals surface area contributed by atoms with E-state index in [9.17, 15) is 0 Å². The van der Waals surface area contributed by atoms with E-state index in [-0.39, 0.29) is 24.4 Å². The van der Waals surface area contributed by atoms with Gasteiger partial charge in [0, 0.05) is 6.54 Å². The van der Waals surface area contributed by atoms with Gasteiger partial charge in [-0.2, -0.15) is 0 Å². The minimum Gasteiger partial charge on any atom is -0.377 e. The molecule has 21 heavy (non-hydrogen) atoms. The maximum Gasteiger partial charge on any atom is 0.190 e. The molecule has 5 atom stereocenters. The van der Waals surface area contributed by atoms with Gasteiger partial charge in [-0.3, -0.25) is 0 Å². The molecule has 0 radical (unpaired) electrons. The fraction of sp³-hybridized carbons (Fsp3) is 0.929. The molecule has 0 spiro atoms. The minimum absolute atomic E-state index is 0.169. The third-order valence-electron chi connectivity index (χ3n) is 3.80. The van der Waals surface area contributed by atoms with Crippen molar-refractivity contribution >= 4 is 17.2 Å². The van der Waals surface area contributed by atoms with Crippen LogP contribution in [0.3, 0.4) is 0 Å². The molecular weight excluding hydrogens is 294 g/mol. The summed E-state index contributed by atoms with van der Waals surface area (Å²) in [4.78, 5) is 0.728. The lowest BCUT2D eigenvalue weighted by Gasteiger charge is -2.43. The van der Waals surface area contributed by atoms with Gasteiger partial charge in [0.1, 0.15) is 24.4 Å². The molecule has 0 aromatic rings. The smallest absolute Gasteiger partial charge is 0.190 e. The molecule has 1 N–H and O–H groups in total. The average Bonchev–Trinajstić information content (AvgIpc) is 2.78. The molecule has 0 aromatic carbocycles. The van der Waals surface area contributed by atoms with Crippen molar-refractivity contribution in [1.29, 1.82) is 0 Å². The van der Waals surface area contributed by atoms with Crippen molar-refractivity contribution in [3.63, 3.8) is 0 Å². The zero-order valence-electron chi connectivity index (χ0n) is 13.0. The molecule has 120 valence electrons. The Kier molecular flexibility index (Phi) is 3.79. The number of rotatable bonds is 2. The van der Waals surface area contributed by atoms with Crippen molar-refractivity contribution in [2.45, 2.75) is 76.9 Å². The normalized spacial score (nSPS) is 43.2. The summed E-state index contributed by atoms with van der Waals surface area (Å²) in [6.45, 7) is 9.97. The number of hydrogen-bond donors (Lipinski definition) is 1. The summed E-state index contributed by atoms with van der Waals surface area (Å²) in [7, 11) is 0. The van der Waals surface area contributed by atoms with Gasteiger partial charge >= 0.3 is 0 Å². The van der Waals surface area contributed by atoms with Gasteiger partial charge in [-0.15, -0.1) is 0 Å². The molecule has 0 amide bonds. The van der Waals surface area contributed by atoms with Crippen LogP contribution in [0.2, 0.25) is 0 Å². The number of fused-ring (bicyclic) bond motifs is 3. The topological polar surface area (TPSA) is 58.2 Å². The Morgan fingerprint density at radius 2 is 1.57 bits per heavy atom. The van der Waals surface area contributed by atoms with Crippen LogP contribution in [0.1, 0.15) is 34.6 Å². The third-order valence-corrected chi connectivity index (χ3v) is 3.95. The van der Waals surface area contributed by atoms with Crippen LogP contribution in [-0.2, 0) is 23.7 Å². The van der Waals surface area contributed by atoms with Crippen LogP contribution in [0.15, 0.2) is 0 Å². The summed E-state index contributed by atoms with van der Waals surface area (Å²) >= 11 is 5.06. The van der Waals surface area contributed by atoms with E-state index in [1.54, 1.807) is 0 Å². The highest BCUT2D eigenvalue weighted by atomic mass is 32.1. The fourth-order valence-electron chi connectivity index (χ4n) is 3.13. The van der Waals surface area contributed by atoms with Gasteiger partial charge in [-0.05, 0) is 34.6 Å². The van der Waals surface area contributed by atoms with E-state index in [1.807, 2.05) is 34.6 Å². The zero-order chi connectivity index (χ0) is 15.4. The standard InChI is InChI=1S/C14H23NO5S/c1-7(21)15-6-8-9-10(18-13(2,3)17-8)11-12(16-9)20-14(4,5)19-11/h8-12H,6H2,1-5H3,(H,15,21)/t8-,9-,10+,11-,12-/m1/s1. The molecule has 7 heteroatoms. The fourth-order valence-corrected chi connectivity index (χ4v) is 3.21. The van der Waals surface area contributed by atoms with E-state index in [1.165, 1.54) is 0 Å².